The lowest BCUT2D eigenvalue weighted by atomic mass is 9.79. The Labute approximate surface area is 243 Å². The van der Waals surface area contributed by atoms with Crippen molar-refractivity contribution >= 4 is 5.91 Å². The van der Waals surface area contributed by atoms with Crippen LogP contribution in [0.4, 0.5) is 0 Å². The quantitative estimate of drug-likeness (QED) is 0.303. The van der Waals surface area contributed by atoms with E-state index in [2.05, 4.69) is 71.6 Å². The summed E-state index contributed by atoms with van der Waals surface area (Å²) in [5, 5.41) is 9.66. The molecule has 0 radical (unpaired) electrons. The zero-order chi connectivity index (χ0) is 28.2. The maximum atomic E-state index is 13.8. The minimum absolute atomic E-state index is 0.00296. The molecule has 1 fully saturated rings. The summed E-state index contributed by atoms with van der Waals surface area (Å²) in [6.45, 7) is 6.46. The first-order chi connectivity index (χ1) is 20.1. The number of aliphatic hydroxyl groups excluding tert-OH is 1. The van der Waals surface area contributed by atoms with Gasteiger partial charge in [-0.25, -0.2) is 0 Å². The molecule has 3 aromatic carbocycles. The molecule has 6 heteroatoms. The predicted molar refractivity (Wildman–Crippen MR) is 160 cm³/mol. The van der Waals surface area contributed by atoms with Crippen LogP contribution in [0.3, 0.4) is 0 Å². The van der Waals surface area contributed by atoms with Crippen molar-refractivity contribution in [2.45, 2.75) is 44.9 Å². The van der Waals surface area contributed by atoms with Crippen LogP contribution >= 0.6 is 0 Å². The van der Waals surface area contributed by atoms with Gasteiger partial charge in [-0.05, 0) is 65.6 Å². The summed E-state index contributed by atoms with van der Waals surface area (Å²) in [6.07, 6.45) is 3.82. The number of carbonyl (C=O) groups excluding carboxylic acids is 1. The molecule has 3 aromatic rings. The summed E-state index contributed by atoms with van der Waals surface area (Å²) in [4.78, 5) is 18.1. The number of aliphatic hydroxyl groups is 1. The number of piperazine rings is 1. The summed E-state index contributed by atoms with van der Waals surface area (Å²) in [6, 6.07) is 25.8. The van der Waals surface area contributed by atoms with E-state index < -0.39 is 6.29 Å². The Morgan fingerprint density at radius 3 is 2.49 bits per heavy atom. The standard InChI is InChI=1S/C35H40N2O4/c1-2-40-35-31(13-8-20-38)32(27-14-15-30-28(22-27)21-26-11-6-7-12-29(26)30)23-33(41-35)34(39)37-18-16-36(17-19-37)24-25-9-4-3-5-10-25/h3-7,9-12,14-15,22-23,31-32,35,38H,2,8,13,16-21,24H2,1H3/t31-,32-,35-/m1/s1. The van der Waals surface area contributed by atoms with Crippen LogP contribution in [-0.2, 0) is 27.2 Å². The number of fused-ring (bicyclic) bond motifs is 3. The van der Waals surface area contributed by atoms with Crippen LogP contribution < -0.4 is 0 Å². The van der Waals surface area contributed by atoms with Crippen LogP contribution in [0.1, 0.15) is 47.9 Å². The SMILES string of the molecule is CCO[C@@H]1OC(C(=O)N2CCN(Cc3ccccc3)CC2)=C[C@H](c2ccc3c(c2)Cc2ccccc2-3)[C@H]1CCCO. The summed E-state index contributed by atoms with van der Waals surface area (Å²) >= 11 is 0. The third-order valence-corrected chi connectivity index (χ3v) is 8.73. The van der Waals surface area contributed by atoms with Gasteiger partial charge in [0.1, 0.15) is 0 Å². The van der Waals surface area contributed by atoms with Gasteiger partial charge in [-0.15, -0.1) is 0 Å². The van der Waals surface area contributed by atoms with Gasteiger partial charge in [-0.1, -0.05) is 72.8 Å². The number of rotatable bonds is 9. The molecule has 6 nitrogen and oxygen atoms in total. The van der Waals surface area contributed by atoms with E-state index >= 15 is 0 Å². The normalized spacial score (nSPS) is 22.0. The average molecular weight is 553 g/mol. The number of ether oxygens (including phenoxy) is 2. The highest BCUT2D eigenvalue weighted by Crippen LogP contribution is 2.43. The monoisotopic (exact) mass is 552 g/mol. The minimum atomic E-state index is -0.537. The molecule has 1 saturated heterocycles. The van der Waals surface area contributed by atoms with E-state index in [4.69, 9.17) is 9.47 Å². The molecule has 0 saturated carbocycles. The second kappa shape index (κ2) is 12.6. The van der Waals surface area contributed by atoms with Gasteiger partial charge in [0.25, 0.3) is 5.91 Å². The molecule has 1 amide bonds. The first-order valence-corrected chi connectivity index (χ1v) is 15.0. The van der Waals surface area contributed by atoms with Crippen molar-refractivity contribution in [1.82, 2.24) is 9.80 Å². The highest BCUT2D eigenvalue weighted by molar-refractivity contribution is 5.92. The molecule has 3 aliphatic rings. The minimum Gasteiger partial charge on any atom is -0.459 e. The topological polar surface area (TPSA) is 62.2 Å². The van der Waals surface area contributed by atoms with Gasteiger partial charge < -0.3 is 19.5 Å². The van der Waals surface area contributed by atoms with Gasteiger partial charge in [-0.3, -0.25) is 9.69 Å². The molecule has 2 aliphatic heterocycles. The molecule has 6 rings (SSSR count). The van der Waals surface area contributed by atoms with E-state index in [1.165, 1.54) is 33.4 Å². The van der Waals surface area contributed by atoms with E-state index in [-0.39, 0.29) is 24.3 Å². The van der Waals surface area contributed by atoms with E-state index in [0.29, 0.717) is 31.9 Å². The van der Waals surface area contributed by atoms with Crippen molar-refractivity contribution in [2.24, 2.45) is 5.92 Å². The van der Waals surface area contributed by atoms with Crippen LogP contribution in [0, 0.1) is 5.92 Å². The Kier molecular flexibility index (Phi) is 8.51. The van der Waals surface area contributed by atoms with Crippen molar-refractivity contribution in [1.29, 1.82) is 0 Å². The van der Waals surface area contributed by atoms with E-state index in [1.54, 1.807) is 0 Å². The molecule has 1 aliphatic carbocycles. The molecular weight excluding hydrogens is 512 g/mol. The van der Waals surface area contributed by atoms with Crippen LogP contribution in [-0.4, -0.2) is 66.5 Å². The van der Waals surface area contributed by atoms with Gasteiger partial charge in [0, 0.05) is 57.8 Å². The van der Waals surface area contributed by atoms with Gasteiger partial charge in [0.15, 0.2) is 5.76 Å². The van der Waals surface area contributed by atoms with Gasteiger partial charge >= 0.3 is 0 Å². The predicted octanol–water partition coefficient (Wildman–Crippen LogP) is 5.35. The maximum Gasteiger partial charge on any atom is 0.288 e. The fourth-order valence-electron chi connectivity index (χ4n) is 6.62. The van der Waals surface area contributed by atoms with Crippen LogP contribution in [0.5, 0.6) is 0 Å². The van der Waals surface area contributed by atoms with Gasteiger partial charge in [-0.2, -0.15) is 0 Å². The maximum absolute atomic E-state index is 13.8. The van der Waals surface area contributed by atoms with Gasteiger partial charge in [0.05, 0.1) is 0 Å². The Morgan fingerprint density at radius 1 is 0.951 bits per heavy atom. The number of hydrogen-bond acceptors (Lipinski definition) is 5. The summed E-state index contributed by atoms with van der Waals surface area (Å²) in [5.74, 6) is 0.282. The second-order valence-electron chi connectivity index (χ2n) is 11.3. The molecule has 1 N–H and O–H groups in total. The Balaban J connectivity index is 1.24. The molecule has 0 unspecified atom stereocenters. The first-order valence-electron chi connectivity index (χ1n) is 15.0. The summed E-state index contributed by atoms with van der Waals surface area (Å²) < 4.78 is 12.4. The number of benzene rings is 3. The summed E-state index contributed by atoms with van der Waals surface area (Å²) in [7, 11) is 0. The van der Waals surface area contributed by atoms with E-state index in [9.17, 15) is 9.90 Å². The molecule has 0 spiro atoms. The number of amides is 1. The van der Waals surface area contributed by atoms with Crippen LogP contribution in [0.25, 0.3) is 11.1 Å². The fraction of sp³-hybridized carbons (Fsp3) is 0.400. The Morgan fingerprint density at radius 2 is 1.71 bits per heavy atom. The molecule has 214 valence electrons. The lowest BCUT2D eigenvalue weighted by Crippen LogP contribution is -2.49. The highest BCUT2D eigenvalue weighted by Gasteiger charge is 2.39. The number of hydrogen-bond donors (Lipinski definition) is 1. The molecule has 41 heavy (non-hydrogen) atoms. The molecule has 2 heterocycles. The van der Waals surface area contributed by atoms with Crippen LogP contribution in [0.2, 0.25) is 0 Å². The number of allylic oxidation sites excluding steroid dienone is 1. The Hall–Kier alpha value is -3.45. The largest absolute Gasteiger partial charge is 0.459 e. The zero-order valence-electron chi connectivity index (χ0n) is 23.9. The zero-order valence-corrected chi connectivity index (χ0v) is 23.9. The van der Waals surface area contributed by atoms with Crippen LogP contribution in [0.15, 0.2) is 84.6 Å². The fourth-order valence-corrected chi connectivity index (χ4v) is 6.62. The third-order valence-electron chi connectivity index (χ3n) is 8.73. The van der Waals surface area contributed by atoms with Crippen molar-refractivity contribution < 1.29 is 19.4 Å². The third kappa shape index (κ3) is 5.96. The summed E-state index contributed by atoms with van der Waals surface area (Å²) in [5.41, 5.74) is 7.74. The van der Waals surface area contributed by atoms with Crippen molar-refractivity contribution in [3.63, 3.8) is 0 Å². The van der Waals surface area contributed by atoms with E-state index in [0.717, 1.165) is 32.5 Å². The van der Waals surface area contributed by atoms with Crippen molar-refractivity contribution in [3.8, 4) is 11.1 Å². The second-order valence-corrected chi connectivity index (χ2v) is 11.3. The van der Waals surface area contributed by atoms with E-state index in [1.807, 2.05) is 24.0 Å². The van der Waals surface area contributed by atoms with Gasteiger partial charge in [0.2, 0.25) is 6.29 Å². The molecular formula is C35H40N2O4. The Bertz CT molecular complexity index is 1380. The highest BCUT2D eigenvalue weighted by atomic mass is 16.7. The van der Waals surface area contributed by atoms with Crippen molar-refractivity contribution in [3.05, 3.63) is 107 Å². The average Bonchev–Trinajstić information content (AvgIpc) is 3.39. The lowest BCUT2D eigenvalue weighted by molar-refractivity contribution is -0.171. The molecule has 0 aromatic heterocycles. The lowest BCUT2D eigenvalue weighted by Gasteiger charge is -2.39. The number of nitrogens with zero attached hydrogens (tertiary/aromatic N) is 2. The molecule has 3 atom stereocenters. The molecule has 0 bridgehead atoms. The number of carbonyl (C=O) groups is 1. The smallest absolute Gasteiger partial charge is 0.288 e. The van der Waals surface area contributed by atoms with Crippen molar-refractivity contribution in [2.75, 3.05) is 39.4 Å². The first kappa shape index (κ1) is 27.7.